The van der Waals surface area contributed by atoms with E-state index in [1.807, 2.05) is 0 Å². The molecule has 0 saturated heterocycles. The van der Waals surface area contributed by atoms with Gasteiger partial charge in [-0.1, -0.05) is 72.1 Å². The van der Waals surface area contributed by atoms with E-state index in [-0.39, 0.29) is 311 Å². The second kappa shape index (κ2) is 198. The number of hydrogen-bond donors (Lipinski definition) is 0. The summed E-state index contributed by atoms with van der Waals surface area (Å²) in [4.78, 5) is 143. The van der Waals surface area contributed by atoms with Crippen LogP contribution in [0.5, 0.6) is 0 Å². The smallest absolute Gasteiger partial charge is 0.358 e. The molecule has 3 aliphatic rings. The molecule has 32 nitrogen and oxygen atoms in total. The molecular formula is C87H124O32W13-6. The van der Waals surface area contributed by atoms with Gasteiger partial charge in [-0.25, -0.2) is 0 Å². The van der Waals surface area contributed by atoms with Crippen molar-refractivity contribution in [3.05, 3.63) is 215 Å². The predicted molar refractivity (Wildman–Crippen MR) is 444 cm³/mol. The number of carbonyl (C=O) groups excluding carboxylic acids is 14. The minimum atomic E-state index is -0.574. The van der Waals surface area contributed by atoms with E-state index in [0.29, 0.717) is 128 Å². The first-order chi connectivity index (χ1) is 57.6. The van der Waals surface area contributed by atoms with E-state index in [9.17, 15) is 57.5 Å². The van der Waals surface area contributed by atoms with Gasteiger partial charge < -0.3 is 191 Å². The summed E-state index contributed by atoms with van der Waals surface area (Å²) in [7, 11) is 2.51. The maximum absolute atomic E-state index is 10.9. The maximum atomic E-state index is 10.9. The third-order valence-electron chi connectivity index (χ3n) is 12.3. The molecule has 3 rings (SSSR count). The minimum Gasteiger partial charge on any atom is -0.358 e. The summed E-state index contributed by atoms with van der Waals surface area (Å²) in [5.41, 5.74) is 0. The first kappa shape index (κ1) is 203. The van der Waals surface area contributed by atoms with Crippen molar-refractivity contribution in [3.8, 4) is 0 Å². The van der Waals surface area contributed by atoms with Gasteiger partial charge in [0.1, 0.15) is 49.7 Å². The van der Waals surface area contributed by atoms with Crippen LogP contribution in [-0.4, -0.2) is 210 Å². The van der Waals surface area contributed by atoms with Gasteiger partial charge in [-0.15, -0.1) is 0 Å². The Morgan fingerprint density at radius 1 is 0.326 bits per heavy atom. The fourth-order valence-corrected chi connectivity index (χ4v) is 7.38. The van der Waals surface area contributed by atoms with Crippen LogP contribution in [0.3, 0.4) is 0 Å². The Labute approximate surface area is 971 Å². The van der Waals surface area contributed by atoms with E-state index in [2.05, 4.69) is 235 Å². The topological polar surface area (TPSA) is 405 Å². The van der Waals surface area contributed by atoms with E-state index in [0.717, 1.165) is 58.0 Å². The normalized spacial score (nSPS) is 12.5. The molecule has 0 aromatic carbocycles. The Bertz CT molecular complexity index is 2390. The van der Waals surface area contributed by atoms with E-state index in [4.69, 9.17) is 47.5 Å². The van der Waals surface area contributed by atoms with Crippen molar-refractivity contribution in [1.29, 1.82) is 0 Å². The summed E-state index contributed by atoms with van der Waals surface area (Å²) in [6.45, 7) is 91.9. The first-order valence-corrected chi connectivity index (χ1v) is 36.8. The third kappa shape index (κ3) is 205. The van der Waals surface area contributed by atoms with Crippen LogP contribution in [0.15, 0.2) is 124 Å². The molecule has 3 aliphatic carbocycles. The summed E-state index contributed by atoms with van der Waals surface area (Å²) in [6, 6.07) is 0. The number of hydrogen-bond acceptors (Lipinski definition) is 32. The van der Waals surface area contributed by atoms with Crippen molar-refractivity contribution < 1.29 is 425 Å². The standard InChI is InChI=1S/C14H18O4.C13H19O3.C12H14O4.C7H12O3.2C6H8O4.C6H9O3.C5H7O3.2C2H3O2.6C2H3.CH3.CH2.13W/c1-3-13(15)17-9-11-5-7-12(8-6-11)10-18-14(16)4-2;1-3-13(14)16-10-12-7-5-11(6-8-12)9-15-4-2;1-3-11(13)15-9-5-7-10(8-6-9)16-12(14)4-2;1-3-7(8)10-6-5-9-4-2;2*1-6(8)10-4-2-3-9-5-7;1-2-8-4-3-5-9-6-7;1-2-7-3-4-8-5-6;2*1-4-2-3;6*1-2;;;;;;;;;;;;;;;/h11-12H,1-2,5-10H2;4,11-12H,1-2,5-10H2;9-10H,1-2,5-8H2;4H,2-3,5-6H2,1H3;2*1-4H2;2H,1,3-5H2;2H,1,3-4H2;2*1H3;6*1H,2H2;1H3;1H2;;;;;;;;;;;;;/q-2;-1;-2;;2*-2;11*-1;;;;;;;;7*+2. The first-order valence-electron chi connectivity index (χ1n) is 34.7. The molecule has 0 heterocycles. The van der Waals surface area contributed by atoms with Crippen molar-refractivity contribution in [2.24, 2.45) is 23.7 Å². The Hall–Kier alpha value is -3.56. The third-order valence-corrected chi connectivity index (χ3v) is 12.3. The average molecular weight is 4070 g/mol. The molecule has 0 spiro atoms. The maximum Gasteiger partial charge on any atom is 2.00 e. The summed E-state index contributed by atoms with van der Waals surface area (Å²) in [5, 5.41) is 0. The minimum absolute atomic E-state index is 0. The van der Waals surface area contributed by atoms with Crippen molar-refractivity contribution >= 4 is 91.5 Å². The van der Waals surface area contributed by atoms with Crippen LogP contribution in [0.2, 0.25) is 0 Å². The van der Waals surface area contributed by atoms with Gasteiger partial charge in [-0.05, 0) is 101 Å². The molecule has 748 valence electrons. The zero-order valence-corrected chi connectivity index (χ0v) is 113. The molecule has 0 bridgehead atoms. The van der Waals surface area contributed by atoms with Crippen LogP contribution in [0.4, 0.5) is 0 Å². The van der Waals surface area contributed by atoms with Crippen molar-refractivity contribution in [1.82, 2.24) is 0 Å². The Morgan fingerprint density at radius 3 is 0.758 bits per heavy atom. The largest absolute Gasteiger partial charge is 2.00 e. The van der Waals surface area contributed by atoms with Gasteiger partial charge >= 0.3 is 178 Å². The number of rotatable bonds is 44. The molecular weight excluding hydrogens is 3950 g/mol. The molecule has 0 amide bonds. The number of esters is 8. The predicted octanol–water partition coefficient (Wildman–Crippen LogP) is 10.7. The fourth-order valence-electron chi connectivity index (χ4n) is 7.38. The van der Waals surface area contributed by atoms with Crippen LogP contribution < -0.4 is 0 Å². The van der Waals surface area contributed by atoms with Crippen LogP contribution in [0.25, 0.3) is 0 Å². The molecule has 3 saturated carbocycles. The Morgan fingerprint density at radius 2 is 0.545 bits per heavy atom. The quantitative estimate of drug-likeness (QED) is 0.0137. The summed E-state index contributed by atoms with van der Waals surface area (Å²) < 4.78 is 82.0. The Kier molecular flexibility index (Phi) is 304. The van der Waals surface area contributed by atoms with Gasteiger partial charge in [-0.3, -0.25) is 125 Å². The molecule has 0 aromatic rings. The second-order valence-corrected chi connectivity index (χ2v) is 19.7. The Balaban J connectivity index is -0.0000000368. The van der Waals surface area contributed by atoms with Gasteiger partial charge in [-0.2, -0.15) is 0 Å². The van der Waals surface area contributed by atoms with E-state index < -0.39 is 41.8 Å². The molecule has 0 atom stereocenters. The van der Waals surface area contributed by atoms with E-state index >= 15 is 0 Å². The van der Waals surface area contributed by atoms with Gasteiger partial charge in [0.05, 0.1) is 110 Å². The van der Waals surface area contributed by atoms with Crippen LogP contribution in [0.1, 0.15) is 110 Å². The van der Waals surface area contributed by atoms with Crippen molar-refractivity contribution in [2.45, 2.75) is 122 Å². The number of methoxy groups -OCH3 is 2. The zero-order valence-electron chi connectivity index (χ0n) is 75.0. The number of ether oxygens (including phenoxy) is 18. The monoisotopic (exact) mass is 4070 g/mol. The molecule has 0 unspecified atom stereocenters. The van der Waals surface area contributed by atoms with Crippen LogP contribution >= 0.6 is 0 Å². The molecule has 0 radical (unpaired) electrons. The average Bonchev–Trinajstić information content (AvgIpc) is 0.890. The SMILES string of the molecule is C=COCCCO[C-]=O.C=COCCOC(=O)CC.C=COCCO[C-]=O.C=[C-]C(=O)OC1CCC(OC(=O)[C-]=C)CC1.C=[C-]C(=O)OCC1CCC(COC(=O)[C-]=C)CC1.C=[C-]C(=O)OCC1CCC(COC=C)CC1.CO[C-]=O.CO[C-]=O.[CH-]=C.[CH-]=C.[CH-]=C.[CH-]=C.[CH-]=C.[CH-]=C.[CH2-]C(=O)OCCCO[C-]=O.[CH2-]C(=O)OCCCO[C-]=O.[CH2]=[W].[CH3-].[W+2].[W+2].[W+2].[W+2].[W+2].[W+2].[W+2].[W].[W].[W].[W].[W]. The zero-order chi connectivity index (χ0) is 94.6. The van der Waals surface area contributed by atoms with E-state index in [1.54, 1.807) is 6.92 Å². The molecule has 0 N–H and O–H groups in total. The van der Waals surface area contributed by atoms with Crippen LogP contribution in [-0.2, 0) is 425 Å². The van der Waals surface area contributed by atoms with Crippen molar-refractivity contribution in [3.63, 3.8) is 0 Å². The van der Waals surface area contributed by atoms with Gasteiger partial charge in [0.15, 0.2) is 11.9 Å². The molecule has 0 aliphatic heterocycles. The molecule has 132 heavy (non-hydrogen) atoms. The van der Waals surface area contributed by atoms with Gasteiger partial charge in [0.2, 0.25) is 0 Å². The summed E-state index contributed by atoms with van der Waals surface area (Å²) in [5.74, 6) is -1.96. The van der Waals surface area contributed by atoms with Gasteiger partial charge in [0.25, 0.3) is 0 Å². The fraction of sp³-hybridized carbons (Fsp3) is 0.448. The summed E-state index contributed by atoms with van der Waals surface area (Å²) in [6.07, 6.45) is 29.2. The van der Waals surface area contributed by atoms with E-state index in [1.165, 1.54) is 97.5 Å². The second-order valence-electron chi connectivity index (χ2n) is 19.7. The van der Waals surface area contributed by atoms with Gasteiger partial charge in [0, 0.05) is 145 Å². The molecule has 3 fully saturated rings. The molecule has 45 heteroatoms. The van der Waals surface area contributed by atoms with Crippen molar-refractivity contribution in [2.75, 3.05) is 107 Å². The number of carbonyl (C=O) groups is 8. The van der Waals surface area contributed by atoms with Crippen LogP contribution in [0, 0.1) is 115 Å². The molecule has 0 aromatic heterocycles. The summed E-state index contributed by atoms with van der Waals surface area (Å²) >= 11 is 1.33.